The molecule has 2 saturated carbocycles. The molecule has 0 spiro atoms. The monoisotopic (exact) mass is 344 g/mol. The van der Waals surface area contributed by atoms with E-state index in [1.165, 1.54) is 25.7 Å². The third-order valence-electron chi connectivity index (χ3n) is 8.08. The molecule has 3 aliphatic rings. The summed E-state index contributed by atoms with van der Waals surface area (Å²) in [4.78, 5) is 0. The SMILES string of the molecule is COc1cc(O)c2c(c1)C1(C)CCC3C(C)(C)CCCC3(C)C1CO2. The van der Waals surface area contributed by atoms with Crippen molar-refractivity contribution in [3.05, 3.63) is 17.7 Å². The van der Waals surface area contributed by atoms with Crippen LogP contribution in [0.4, 0.5) is 0 Å². The Bertz CT molecular complexity index is 695. The van der Waals surface area contributed by atoms with E-state index in [1.807, 2.05) is 0 Å². The van der Waals surface area contributed by atoms with E-state index in [4.69, 9.17) is 9.47 Å². The van der Waals surface area contributed by atoms with Crippen LogP contribution >= 0.6 is 0 Å². The Morgan fingerprint density at radius 3 is 2.56 bits per heavy atom. The second kappa shape index (κ2) is 5.31. The van der Waals surface area contributed by atoms with Gasteiger partial charge in [-0.25, -0.2) is 0 Å². The lowest BCUT2D eigenvalue weighted by molar-refractivity contribution is -0.123. The summed E-state index contributed by atoms with van der Waals surface area (Å²) < 4.78 is 11.6. The minimum atomic E-state index is 0.0400. The van der Waals surface area contributed by atoms with Crippen LogP contribution < -0.4 is 9.47 Å². The van der Waals surface area contributed by atoms with E-state index in [1.54, 1.807) is 13.2 Å². The van der Waals surface area contributed by atoms with E-state index in [0.29, 0.717) is 29.1 Å². The van der Waals surface area contributed by atoms with Gasteiger partial charge in [0.05, 0.1) is 13.7 Å². The number of methoxy groups -OCH3 is 1. The van der Waals surface area contributed by atoms with E-state index >= 15 is 0 Å². The molecule has 0 radical (unpaired) electrons. The predicted molar refractivity (Wildman–Crippen MR) is 99.5 cm³/mol. The van der Waals surface area contributed by atoms with Gasteiger partial charge in [0, 0.05) is 23.0 Å². The largest absolute Gasteiger partial charge is 0.504 e. The van der Waals surface area contributed by atoms with E-state index < -0.39 is 0 Å². The maximum atomic E-state index is 10.4. The highest BCUT2D eigenvalue weighted by Gasteiger charge is 2.60. The van der Waals surface area contributed by atoms with Crippen molar-refractivity contribution in [1.82, 2.24) is 0 Å². The lowest BCUT2D eigenvalue weighted by Crippen LogP contribution is -2.59. The zero-order chi connectivity index (χ0) is 18.0. The van der Waals surface area contributed by atoms with Gasteiger partial charge in [0.25, 0.3) is 0 Å². The summed E-state index contributed by atoms with van der Waals surface area (Å²) in [6.45, 7) is 10.5. The molecule has 138 valence electrons. The first-order valence-corrected chi connectivity index (χ1v) is 9.77. The molecule has 1 aromatic rings. The van der Waals surface area contributed by atoms with Crippen molar-refractivity contribution in [1.29, 1.82) is 0 Å². The fraction of sp³-hybridized carbons (Fsp3) is 0.727. The maximum Gasteiger partial charge on any atom is 0.164 e. The number of hydrogen-bond acceptors (Lipinski definition) is 3. The molecular formula is C22H32O3. The zero-order valence-corrected chi connectivity index (χ0v) is 16.3. The van der Waals surface area contributed by atoms with Gasteiger partial charge in [-0.2, -0.15) is 0 Å². The molecule has 3 nitrogen and oxygen atoms in total. The van der Waals surface area contributed by atoms with Gasteiger partial charge < -0.3 is 14.6 Å². The summed E-state index contributed by atoms with van der Waals surface area (Å²) in [5, 5.41) is 10.4. The number of rotatable bonds is 1. The number of ether oxygens (including phenoxy) is 2. The fourth-order valence-corrected chi connectivity index (χ4v) is 6.79. The first-order valence-electron chi connectivity index (χ1n) is 9.77. The molecule has 4 rings (SSSR count). The molecule has 3 heteroatoms. The first-order chi connectivity index (χ1) is 11.7. The number of aromatic hydroxyl groups is 1. The van der Waals surface area contributed by atoms with E-state index in [0.717, 1.165) is 23.7 Å². The molecule has 0 amide bonds. The lowest BCUT2D eigenvalue weighted by Gasteiger charge is -2.63. The minimum absolute atomic E-state index is 0.0400. The summed E-state index contributed by atoms with van der Waals surface area (Å²) in [5.41, 5.74) is 1.89. The van der Waals surface area contributed by atoms with Crippen LogP contribution in [0.3, 0.4) is 0 Å². The lowest BCUT2D eigenvalue weighted by atomic mass is 9.42. The molecule has 2 aliphatic carbocycles. The van der Waals surface area contributed by atoms with Crippen molar-refractivity contribution in [2.24, 2.45) is 22.7 Å². The molecule has 0 saturated heterocycles. The first kappa shape index (κ1) is 17.1. The zero-order valence-electron chi connectivity index (χ0n) is 16.3. The summed E-state index contributed by atoms with van der Waals surface area (Å²) in [6, 6.07) is 3.76. The Hall–Kier alpha value is -1.38. The van der Waals surface area contributed by atoms with Crippen LogP contribution in [0.5, 0.6) is 17.2 Å². The van der Waals surface area contributed by atoms with Crippen molar-refractivity contribution in [3.63, 3.8) is 0 Å². The smallest absolute Gasteiger partial charge is 0.164 e. The van der Waals surface area contributed by atoms with Gasteiger partial charge in [-0.15, -0.1) is 0 Å². The van der Waals surface area contributed by atoms with Gasteiger partial charge in [-0.05, 0) is 48.5 Å². The highest BCUT2D eigenvalue weighted by Crippen LogP contribution is 2.66. The molecule has 25 heavy (non-hydrogen) atoms. The number of hydrogen-bond donors (Lipinski definition) is 1. The second-order valence-corrected chi connectivity index (χ2v) is 9.74. The Labute approximate surface area is 151 Å². The quantitative estimate of drug-likeness (QED) is 0.752. The number of phenols is 1. The van der Waals surface area contributed by atoms with Crippen LogP contribution in [0.25, 0.3) is 0 Å². The standard InChI is InChI=1S/C22H32O3/c1-20(2)8-6-9-22(4)17(20)7-10-21(3)15-11-14(24-5)12-16(23)19(15)25-13-18(21)22/h11-12,17-18,23H,6-10,13H2,1-5H3. The molecule has 4 unspecified atom stereocenters. The van der Waals surface area contributed by atoms with Crippen molar-refractivity contribution in [2.45, 2.75) is 65.2 Å². The molecular weight excluding hydrogens is 312 g/mol. The third-order valence-corrected chi connectivity index (χ3v) is 8.08. The van der Waals surface area contributed by atoms with Gasteiger partial charge in [0.15, 0.2) is 11.5 Å². The van der Waals surface area contributed by atoms with Crippen LogP contribution in [0.2, 0.25) is 0 Å². The van der Waals surface area contributed by atoms with Crippen LogP contribution in [0.15, 0.2) is 12.1 Å². The molecule has 0 bridgehead atoms. The summed E-state index contributed by atoms with van der Waals surface area (Å²) in [7, 11) is 1.66. The Morgan fingerprint density at radius 2 is 1.84 bits per heavy atom. The van der Waals surface area contributed by atoms with Gasteiger partial charge in [0.2, 0.25) is 0 Å². The van der Waals surface area contributed by atoms with E-state index in [-0.39, 0.29) is 11.2 Å². The predicted octanol–water partition coefficient (Wildman–Crippen LogP) is 5.29. The fourth-order valence-electron chi connectivity index (χ4n) is 6.79. The Kier molecular flexibility index (Phi) is 3.62. The van der Waals surface area contributed by atoms with Crippen molar-refractivity contribution in [3.8, 4) is 17.2 Å². The summed E-state index contributed by atoms with van der Waals surface area (Å²) >= 11 is 0. The van der Waals surface area contributed by atoms with Crippen LogP contribution in [0.1, 0.15) is 65.4 Å². The summed E-state index contributed by atoms with van der Waals surface area (Å²) in [6.07, 6.45) is 6.35. The number of fused-ring (bicyclic) bond motifs is 5. The number of phenolic OH excluding ortho intramolecular Hbond substituents is 1. The average Bonchev–Trinajstić information content (AvgIpc) is 2.54. The van der Waals surface area contributed by atoms with Crippen molar-refractivity contribution in [2.75, 3.05) is 13.7 Å². The topological polar surface area (TPSA) is 38.7 Å². The van der Waals surface area contributed by atoms with Crippen LogP contribution in [-0.2, 0) is 5.41 Å². The molecule has 1 aromatic carbocycles. The van der Waals surface area contributed by atoms with Gasteiger partial charge in [-0.1, -0.05) is 34.1 Å². The van der Waals surface area contributed by atoms with E-state index in [2.05, 4.69) is 33.8 Å². The van der Waals surface area contributed by atoms with Crippen LogP contribution in [-0.4, -0.2) is 18.8 Å². The van der Waals surface area contributed by atoms with Crippen molar-refractivity contribution < 1.29 is 14.6 Å². The molecule has 1 heterocycles. The highest BCUT2D eigenvalue weighted by atomic mass is 16.5. The second-order valence-electron chi connectivity index (χ2n) is 9.74. The van der Waals surface area contributed by atoms with E-state index in [9.17, 15) is 5.11 Å². The van der Waals surface area contributed by atoms with Gasteiger partial charge in [-0.3, -0.25) is 0 Å². The van der Waals surface area contributed by atoms with Crippen molar-refractivity contribution >= 4 is 0 Å². The van der Waals surface area contributed by atoms with Crippen LogP contribution in [0, 0.1) is 22.7 Å². The Balaban J connectivity index is 1.83. The highest BCUT2D eigenvalue weighted by molar-refractivity contribution is 5.55. The normalized spacial score (nSPS) is 38.8. The molecule has 0 aromatic heterocycles. The molecule has 2 fully saturated rings. The summed E-state index contributed by atoms with van der Waals surface area (Å²) in [5.74, 6) is 2.84. The molecule has 1 aliphatic heterocycles. The average molecular weight is 344 g/mol. The maximum absolute atomic E-state index is 10.4. The molecule has 1 N–H and O–H groups in total. The van der Waals surface area contributed by atoms with Gasteiger partial charge >= 0.3 is 0 Å². The minimum Gasteiger partial charge on any atom is -0.504 e. The third kappa shape index (κ3) is 2.23. The molecule has 4 atom stereocenters. The number of benzene rings is 1. The van der Waals surface area contributed by atoms with Gasteiger partial charge in [0.1, 0.15) is 5.75 Å². The Morgan fingerprint density at radius 1 is 1.08 bits per heavy atom.